The van der Waals surface area contributed by atoms with Crippen LogP contribution >= 0.6 is 11.8 Å². The molecule has 1 fully saturated rings. The number of thioether (sulfide) groups is 1. The summed E-state index contributed by atoms with van der Waals surface area (Å²) < 4.78 is 0. The van der Waals surface area contributed by atoms with E-state index in [1.54, 1.807) is 11.8 Å². The molecule has 106 valence electrons. The molecule has 1 unspecified atom stereocenters. The van der Waals surface area contributed by atoms with Crippen molar-refractivity contribution in [1.29, 1.82) is 0 Å². The minimum absolute atomic E-state index is 0.727. The van der Waals surface area contributed by atoms with E-state index in [1.807, 2.05) is 19.4 Å². The van der Waals surface area contributed by atoms with Crippen LogP contribution in [-0.2, 0) is 0 Å². The van der Waals surface area contributed by atoms with E-state index < -0.39 is 0 Å². The Balaban J connectivity index is 1.92. The number of hydrogen-bond acceptors (Lipinski definition) is 6. The number of likely N-dealkylation sites (tertiary alicyclic amines) is 1. The van der Waals surface area contributed by atoms with Crippen LogP contribution in [0, 0.1) is 5.92 Å². The van der Waals surface area contributed by atoms with Crippen molar-refractivity contribution in [2.45, 2.75) is 18.5 Å². The highest BCUT2D eigenvalue weighted by atomic mass is 32.2. The Kier molecular flexibility index (Phi) is 5.27. The van der Waals surface area contributed by atoms with Gasteiger partial charge in [-0.3, -0.25) is 0 Å². The van der Waals surface area contributed by atoms with E-state index in [9.17, 15) is 0 Å². The fourth-order valence-electron chi connectivity index (χ4n) is 2.35. The molecule has 0 spiro atoms. The van der Waals surface area contributed by atoms with Gasteiger partial charge in [-0.05, 0) is 31.7 Å². The largest absolute Gasteiger partial charge is 0.373 e. The van der Waals surface area contributed by atoms with Gasteiger partial charge < -0.3 is 15.5 Å². The lowest BCUT2D eigenvalue weighted by atomic mass is 10.1. The van der Waals surface area contributed by atoms with Gasteiger partial charge in [0.15, 0.2) is 5.16 Å². The highest BCUT2D eigenvalue weighted by molar-refractivity contribution is 7.98. The highest BCUT2D eigenvalue weighted by Gasteiger charge is 2.20. The molecule has 1 aromatic heterocycles. The van der Waals surface area contributed by atoms with Gasteiger partial charge in [0.05, 0.1) is 0 Å². The van der Waals surface area contributed by atoms with Crippen molar-refractivity contribution in [2.24, 2.45) is 5.92 Å². The second kappa shape index (κ2) is 6.96. The average Bonchev–Trinajstić information content (AvgIpc) is 2.92. The Hall–Kier alpha value is -1.01. The first-order valence-electron chi connectivity index (χ1n) is 6.82. The van der Waals surface area contributed by atoms with Gasteiger partial charge in [0.1, 0.15) is 11.6 Å². The Morgan fingerprint density at radius 1 is 1.42 bits per heavy atom. The number of aromatic nitrogens is 2. The van der Waals surface area contributed by atoms with Gasteiger partial charge in [-0.25, -0.2) is 9.97 Å². The predicted octanol–water partition coefficient (Wildman–Crippen LogP) is 1.99. The maximum absolute atomic E-state index is 4.49. The van der Waals surface area contributed by atoms with Crippen molar-refractivity contribution < 1.29 is 0 Å². The third-order valence-corrected chi connectivity index (χ3v) is 4.08. The Labute approximate surface area is 119 Å². The molecule has 0 radical (unpaired) electrons. The molecule has 0 aromatic carbocycles. The molecular weight excluding hydrogens is 258 g/mol. The van der Waals surface area contributed by atoms with Crippen LogP contribution in [0.15, 0.2) is 11.2 Å². The lowest BCUT2D eigenvalue weighted by Crippen LogP contribution is -2.22. The molecule has 1 atom stereocenters. The average molecular weight is 281 g/mol. The van der Waals surface area contributed by atoms with Crippen LogP contribution < -0.4 is 10.6 Å². The van der Waals surface area contributed by atoms with Crippen molar-refractivity contribution in [3.63, 3.8) is 0 Å². The van der Waals surface area contributed by atoms with Crippen molar-refractivity contribution in [3.8, 4) is 0 Å². The second-order valence-electron chi connectivity index (χ2n) is 4.80. The molecule has 2 N–H and O–H groups in total. The standard InChI is InChI=1S/C13H23N5S/c1-4-18-6-5-10(9-18)8-15-12-7-11(14-2)16-13(17-12)19-3/h7,10H,4-6,8-9H2,1-3H3,(H2,14,15,16,17). The van der Waals surface area contributed by atoms with E-state index in [-0.39, 0.29) is 0 Å². The summed E-state index contributed by atoms with van der Waals surface area (Å²) in [6, 6.07) is 1.96. The number of rotatable bonds is 6. The van der Waals surface area contributed by atoms with Gasteiger partial charge in [-0.15, -0.1) is 0 Å². The van der Waals surface area contributed by atoms with Crippen molar-refractivity contribution in [1.82, 2.24) is 14.9 Å². The quantitative estimate of drug-likeness (QED) is 0.614. The molecule has 0 bridgehead atoms. The van der Waals surface area contributed by atoms with E-state index in [0.717, 1.165) is 35.8 Å². The molecule has 0 aliphatic carbocycles. The topological polar surface area (TPSA) is 53.1 Å². The van der Waals surface area contributed by atoms with Crippen molar-refractivity contribution in [3.05, 3.63) is 6.07 Å². The number of anilines is 2. The van der Waals surface area contributed by atoms with Gasteiger partial charge in [0.2, 0.25) is 0 Å². The van der Waals surface area contributed by atoms with Crippen LogP contribution in [0.25, 0.3) is 0 Å². The molecule has 1 aliphatic rings. The smallest absolute Gasteiger partial charge is 0.191 e. The van der Waals surface area contributed by atoms with Crippen LogP contribution in [0.1, 0.15) is 13.3 Å². The first-order chi connectivity index (χ1) is 9.25. The van der Waals surface area contributed by atoms with Crippen LogP contribution in [0.3, 0.4) is 0 Å². The summed E-state index contributed by atoms with van der Waals surface area (Å²) in [5.74, 6) is 2.51. The van der Waals surface area contributed by atoms with Gasteiger partial charge >= 0.3 is 0 Å². The van der Waals surface area contributed by atoms with Crippen LogP contribution in [0.4, 0.5) is 11.6 Å². The first-order valence-corrected chi connectivity index (χ1v) is 8.04. The molecule has 1 saturated heterocycles. The summed E-state index contributed by atoms with van der Waals surface area (Å²) >= 11 is 1.56. The monoisotopic (exact) mass is 281 g/mol. The minimum Gasteiger partial charge on any atom is -0.373 e. The van der Waals surface area contributed by atoms with Crippen LogP contribution in [0.5, 0.6) is 0 Å². The van der Waals surface area contributed by atoms with Gasteiger partial charge in [-0.1, -0.05) is 18.7 Å². The molecule has 2 heterocycles. The van der Waals surface area contributed by atoms with Crippen molar-refractivity contribution in [2.75, 3.05) is 50.1 Å². The molecular formula is C13H23N5S. The molecule has 1 aromatic rings. The maximum atomic E-state index is 4.49. The lowest BCUT2D eigenvalue weighted by molar-refractivity contribution is 0.345. The van der Waals surface area contributed by atoms with Gasteiger partial charge in [-0.2, -0.15) is 0 Å². The Morgan fingerprint density at radius 2 is 2.21 bits per heavy atom. The molecule has 0 saturated carbocycles. The normalized spacial score (nSPS) is 19.6. The summed E-state index contributed by atoms with van der Waals surface area (Å²) in [4.78, 5) is 11.4. The fraction of sp³-hybridized carbons (Fsp3) is 0.692. The number of nitrogens with one attached hydrogen (secondary N) is 2. The fourth-order valence-corrected chi connectivity index (χ4v) is 2.73. The molecule has 0 amide bonds. The summed E-state index contributed by atoms with van der Waals surface area (Å²) in [7, 11) is 1.88. The van der Waals surface area contributed by atoms with Crippen LogP contribution in [-0.4, -0.2) is 54.4 Å². The van der Waals surface area contributed by atoms with Gasteiger partial charge in [0.25, 0.3) is 0 Å². The number of hydrogen-bond donors (Lipinski definition) is 2. The molecule has 2 rings (SSSR count). The predicted molar refractivity (Wildman–Crippen MR) is 82.1 cm³/mol. The Morgan fingerprint density at radius 3 is 2.84 bits per heavy atom. The summed E-state index contributed by atoms with van der Waals surface area (Å²) in [6.07, 6.45) is 3.27. The second-order valence-corrected chi connectivity index (χ2v) is 5.58. The summed E-state index contributed by atoms with van der Waals surface area (Å²) in [5, 5.41) is 7.32. The maximum Gasteiger partial charge on any atom is 0.191 e. The molecule has 19 heavy (non-hydrogen) atoms. The van der Waals surface area contributed by atoms with Crippen LogP contribution in [0.2, 0.25) is 0 Å². The SMILES string of the molecule is CCN1CCC(CNc2cc(NC)nc(SC)n2)C1. The molecule has 5 nitrogen and oxygen atoms in total. The molecule has 1 aliphatic heterocycles. The highest BCUT2D eigenvalue weighted by Crippen LogP contribution is 2.19. The van der Waals surface area contributed by atoms with Gasteiger partial charge in [0, 0.05) is 26.2 Å². The van der Waals surface area contributed by atoms with E-state index in [1.165, 1.54) is 19.5 Å². The summed E-state index contributed by atoms with van der Waals surface area (Å²) in [6.45, 7) is 6.80. The zero-order valence-corrected chi connectivity index (χ0v) is 12.8. The van der Waals surface area contributed by atoms with E-state index in [2.05, 4.69) is 32.4 Å². The number of nitrogens with zero attached hydrogens (tertiary/aromatic N) is 3. The summed E-state index contributed by atoms with van der Waals surface area (Å²) in [5.41, 5.74) is 0. The van der Waals surface area contributed by atoms with E-state index >= 15 is 0 Å². The first kappa shape index (κ1) is 14.4. The third kappa shape index (κ3) is 3.98. The molecule has 6 heteroatoms. The minimum atomic E-state index is 0.727. The van der Waals surface area contributed by atoms with E-state index in [4.69, 9.17) is 0 Å². The zero-order chi connectivity index (χ0) is 13.7. The van der Waals surface area contributed by atoms with Crippen molar-refractivity contribution >= 4 is 23.4 Å². The zero-order valence-electron chi connectivity index (χ0n) is 11.9. The lowest BCUT2D eigenvalue weighted by Gasteiger charge is -2.14. The third-order valence-electron chi connectivity index (χ3n) is 3.53. The van der Waals surface area contributed by atoms with E-state index in [0.29, 0.717) is 0 Å². The Bertz CT molecular complexity index is 390.